The van der Waals surface area contributed by atoms with Gasteiger partial charge in [-0.25, -0.2) is 0 Å². The molecule has 1 aliphatic heterocycles. The third-order valence-electron chi connectivity index (χ3n) is 4.54. The predicted molar refractivity (Wildman–Crippen MR) is 97.5 cm³/mol. The zero-order valence-electron chi connectivity index (χ0n) is 14.5. The SMILES string of the molecule is COc1cc(NC(=O)[C@@H]2CCCN2C(=O)[C@H](C)N)cc2ccccc12. The number of hydrogen-bond acceptors (Lipinski definition) is 4. The molecule has 6 nitrogen and oxygen atoms in total. The third kappa shape index (κ3) is 3.44. The fourth-order valence-electron chi connectivity index (χ4n) is 3.31. The van der Waals surface area contributed by atoms with Crippen molar-refractivity contribution in [2.24, 2.45) is 5.73 Å². The molecule has 25 heavy (non-hydrogen) atoms. The van der Waals surface area contributed by atoms with E-state index in [-0.39, 0.29) is 11.8 Å². The van der Waals surface area contributed by atoms with E-state index in [0.29, 0.717) is 24.4 Å². The van der Waals surface area contributed by atoms with Crippen molar-refractivity contribution in [2.45, 2.75) is 31.8 Å². The summed E-state index contributed by atoms with van der Waals surface area (Å²) < 4.78 is 5.43. The lowest BCUT2D eigenvalue weighted by Crippen LogP contribution is -2.48. The zero-order valence-corrected chi connectivity index (χ0v) is 14.5. The highest BCUT2D eigenvalue weighted by Crippen LogP contribution is 2.30. The monoisotopic (exact) mass is 341 g/mol. The average molecular weight is 341 g/mol. The van der Waals surface area contributed by atoms with Crippen LogP contribution in [0.3, 0.4) is 0 Å². The predicted octanol–water partition coefficient (Wildman–Crippen LogP) is 2.13. The lowest BCUT2D eigenvalue weighted by molar-refractivity contribution is -0.137. The molecule has 0 unspecified atom stereocenters. The van der Waals surface area contributed by atoms with E-state index in [1.807, 2.05) is 30.3 Å². The highest BCUT2D eigenvalue weighted by atomic mass is 16.5. The van der Waals surface area contributed by atoms with Gasteiger partial charge in [0.05, 0.1) is 13.2 Å². The van der Waals surface area contributed by atoms with Gasteiger partial charge in [-0.05, 0) is 31.2 Å². The maximum absolute atomic E-state index is 12.7. The van der Waals surface area contributed by atoms with Crippen LogP contribution in [-0.4, -0.2) is 42.5 Å². The molecule has 2 amide bonds. The average Bonchev–Trinajstić information content (AvgIpc) is 3.09. The first-order valence-corrected chi connectivity index (χ1v) is 8.45. The van der Waals surface area contributed by atoms with Gasteiger partial charge in [-0.1, -0.05) is 24.3 Å². The lowest BCUT2D eigenvalue weighted by atomic mass is 10.1. The maximum Gasteiger partial charge on any atom is 0.247 e. The van der Waals surface area contributed by atoms with E-state index < -0.39 is 12.1 Å². The molecule has 1 aliphatic rings. The Kier molecular flexibility index (Phi) is 4.90. The van der Waals surface area contributed by atoms with E-state index in [2.05, 4.69) is 5.32 Å². The number of amides is 2. The van der Waals surface area contributed by atoms with Crippen molar-refractivity contribution in [3.05, 3.63) is 36.4 Å². The Morgan fingerprint density at radius 3 is 2.80 bits per heavy atom. The highest BCUT2D eigenvalue weighted by molar-refractivity contribution is 6.01. The second-order valence-electron chi connectivity index (χ2n) is 6.37. The molecule has 0 saturated carbocycles. The second-order valence-corrected chi connectivity index (χ2v) is 6.37. The number of carbonyl (C=O) groups is 2. The fraction of sp³-hybridized carbons (Fsp3) is 0.368. The van der Waals surface area contributed by atoms with Crippen LogP contribution in [0.15, 0.2) is 36.4 Å². The van der Waals surface area contributed by atoms with Crippen LogP contribution in [0.5, 0.6) is 5.75 Å². The number of ether oxygens (including phenoxy) is 1. The van der Waals surface area contributed by atoms with Crippen molar-refractivity contribution < 1.29 is 14.3 Å². The standard InChI is InChI=1S/C19H23N3O3/c1-12(20)19(24)22-9-5-8-16(22)18(23)21-14-10-13-6-3-4-7-15(13)17(11-14)25-2/h3-4,6-7,10-12,16H,5,8-9,20H2,1-2H3,(H,21,23)/t12-,16-/m0/s1. The Bertz CT molecular complexity index is 804. The summed E-state index contributed by atoms with van der Waals surface area (Å²) in [7, 11) is 1.60. The molecule has 6 heteroatoms. The van der Waals surface area contributed by atoms with Gasteiger partial charge in [0.15, 0.2) is 0 Å². The van der Waals surface area contributed by atoms with E-state index in [1.165, 1.54) is 0 Å². The second kappa shape index (κ2) is 7.11. The van der Waals surface area contributed by atoms with Gasteiger partial charge >= 0.3 is 0 Å². The molecule has 1 saturated heterocycles. The molecule has 2 atom stereocenters. The van der Waals surface area contributed by atoms with Crippen LogP contribution in [0.2, 0.25) is 0 Å². The molecule has 1 heterocycles. The Morgan fingerprint density at radius 2 is 2.08 bits per heavy atom. The number of nitrogens with zero attached hydrogens (tertiary/aromatic N) is 1. The van der Waals surface area contributed by atoms with Gasteiger partial charge in [-0.3, -0.25) is 9.59 Å². The summed E-state index contributed by atoms with van der Waals surface area (Å²) in [5.74, 6) is 0.320. The van der Waals surface area contributed by atoms with Gasteiger partial charge in [-0.2, -0.15) is 0 Å². The number of methoxy groups -OCH3 is 1. The Hall–Kier alpha value is -2.60. The summed E-state index contributed by atoms with van der Waals surface area (Å²) >= 11 is 0. The summed E-state index contributed by atoms with van der Waals surface area (Å²) in [5, 5.41) is 4.88. The molecule has 132 valence electrons. The van der Waals surface area contributed by atoms with Crippen LogP contribution < -0.4 is 15.8 Å². The Labute approximate surface area is 146 Å². The number of likely N-dealkylation sites (tertiary alicyclic amines) is 1. The molecule has 0 aliphatic carbocycles. The smallest absolute Gasteiger partial charge is 0.247 e. The van der Waals surface area contributed by atoms with E-state index >= 15 is 0 Å². The van der Waals surface area contributed by atoms with Gasteiger partial charge < -0.3 is 20.7 Å². The number of nitrogens with two attached hydrogens (primary N) is 1. The number of fused-ring (bicyclic) bond motifs is 1. The molecular formula is C19H23N3O3. The van der Waals surface area contributed by atoms with E-state index in [1.54, 1.807) is 25.0 Å². The van der Waals surface area contributed by atoms with Gasteiger partial charge in [0.1, 0.15) is 11.8 Å². The number of rotatable bonds is 4. The Balaban J connectivity index is 1.83. The van der Waals surface area contributed by atoms with Crippen LogP contribution in [0.25, 0.3) is 10.8 Å². The van der Waals surface area contributed by atoms with Crippen molar-refractivity contribution in [3.8, 4) is 5.75 Å². The summed E-state index contributed by atoms with van der Waals surface area (Å²) in [5.41, 5.74) is 6.34. The van der Waals surface area contributed by atoms with Crippen LogP contribution in [0, 0.1) is 0 Å². The van der Waals surface area contributed by atoms with Crippen molar-refractivity contribution >= 4 is 28.3 Å². The normalized spacial score (nSPS) is 18.2. The van der Waals surface area contributed by atoms with Gasteiger partial charge in [0.2, 0.25) is 11.8 Å². The van der Waals surface area contributed by atoms with Crippen molar-refractivity contribution in [1.82, 2.24) is 4.90 Å². The first-order valence-electron chi connectivity index (χ1n) is 8.45. The molecule has 3 rings (SSSR count). The van der Waals surface area contributed by atoms with Gasteiger partial charge in [0, 0.05) is 23.7 Å². The molecule has 2 aromatic carbocycles. The molecular weight excluding hydrogens is 318 g/mol. The molecule has 0 bridgehead atoms. The van der Waals surface area contributed by atoms with Crippen LogP contribution in [0.4, 0.5) is 5.69 Å². The number of benzene rings is 2. The molecule has 0 aromatic heterocycles. The lowest BCUT2D eigenvalue weighted by Gasteiger charge is -2.25. The number of carbonyl (C=O) groups excluding carboxylic acids is 2. The minimum atomic E-state index is -0.603. The highest BCUT2D eigenvalue weighted by Gasteiger charge is 2.35. The first-order chi connectivity index (χ1) is 12.0. The quantitative estimate of drug-likeness (QED) is 0.892. The number of nitrogens with one attached hydrogen (secondary N) is 1. The van der Waals surface area contributed by atoms with Gasteiger partial charge in [-0.15, -0.1) is 0 Å². The van der Waals surface area contributed by atoms with Crippen LogP contribution in [-0.2, 0) is 9.59 Å². The third-order valence-corrected chi connectivity index (χ3v) is 4.54. The number of anilines is 1. The molecule has 0 radical (unpaired) electrons. The van der Waals surface area contributed by atoms with E-state index in [4.69, 9.17) is 10.5 Å². The minimum Gasteiger partial charge on any atom is -0.496 e. The van der Waals surface area contributed by atoms with Crippen molar-refractivity contribution in [3.63, 3.8) is 0 Å². The Morgan fingerprint density at radius 1 is 1.32 bits per heavy atom. The molecule has 3 N–H and O–H groups in total. The summed E-state index contributed by atoms with van der Waals surface area (Å²) in [4.78, 5) is 26.5. The minimum absolute atomic E-state index is 0.186. The molecule has 2 aromatic rings. The van der Waals surface area contributed by atoms with E-state index in [0.717, 1.165) is 17.2 Å². The maximum atomic E-state index is 12.7. The zero-order chi connectivity index (χ0) is 18.0. The van der Waals surface area contributed by atoms with Crippen LogP contribution >= 0.6 is 0 Å². The van der Waals surface area contributed by atoms with Crippen LogP contribution in [0.1, 0.15) is 19.8 Å². The van der Waals surface area contributed by atoms with Crippen molar-refractivity contribution in [1.29, 1.82) is 0 Å². The summed E-state index contributed by atoms with van der Waals surface area (Å²) in [6.45, 7) is 2.21. The number of hydrogen-bond donors (Lipinski definition) is 2. The summed E-state index contributed by atoms with van der Waals surface area (Å²) in [6, 6.07) is 10.4. The van der Waals surface area contributed by atoms with Crippen molar-refractivity contribution in [2.75, 3.05) is 19.0 Å². The van der Waals surface area contributed by atoms with Gasteiger partial charge in [0.25, 0.3) is 0 Å². The largest absolute Gasteiger partial charge is 0.496 e. The topological polar surface area (TPSA) is 84.7 Å². The molecule has 0 spiro atoms. The fourth-order valence-corrected chi connectivity index (χ4v) is 3.31. The van der Waals surface area contributed by atoms with E-state index in [9.17, 15) is 9.59 Å². The summed E-state index contributed by atoms with van der Waals surface area (Å²) in [6.07, 6.45) is 1.45. The first kappa shape index (κ1) is 17.2. The molecule has 1 fully saturated rings.